The molecule has 0 bridgehead atoms. The average molecular weight is 282 g/mol. The monoisotopic (exact) mass is 282 g/mol. The van der Waals surface area contributed by atoms with Crippen molar-refractivity contribution in [2.24, 2.45) is 0 Å². The number of ether oxygens (including phenoxy) is 1. The largest absolute Gasteiger partial charge is 0.435 e. The van der Waals surface area contributed by atoms with Crippen molar-refractivity contribution in [2.75, 3.05) is 7.05 Å². The SMILES string of the molecule is CNC(=O)c1nc(C)n(-c2ccc(OC(F)F)cc2)n1. The normalized spacial score (nSPS) is 10.7. The molecule has 0 fully saturated rings. The number of halogens is 2. The zero-order chi connectivity index (χ0) is 14.7. The maximum Gasteiger partial charge on any atom is 0.387 e. The van der Waals surface area contributed by atoms with Gasteiger partial charge in [-0.25, -0.2) is 9.67 Å². The fourth-order valence-corrected chi connectivity index (χ4v) is 1.61. The third-order valence-electron chi connectivity index (χ3n) is 2.51. The molecule has 1 heterocycles. The summed E-state index contributed by atoms with van der Waals surface area (Å²) in [4.78, 5) is 15.5. The summed E-state index contributed by atoms with van der Waals surface area (Å²) in [5.41, 5.74) is 0.590. The number of nitrogens with zero attached hydrogens (tertiary/aromatic N) is 3. The smallest absolute Gasteiger partial charge is 0.387 e. The molecule has 1 aromatic carbocycles. The Balaban J connectivity index is 2.27. The molecule has 1 aromatic heterocycles. The molecule has 0 radical (unpaired) electrons. The third kappa shape index (κ3) is 2.90. The molecule has 106 valence electrons. The van der Waals surface area contributed by atoms with Crippen LogP contribution in [-0.2, 0) is 0 Å². The van der Waals surface area contributed by atoms with Crippen LogP contribution >= 0.6 is 0 Å². The first-order chi connectivity index (χ1) is 9.51. The topological polar surface area (TPSA) is 69.0 Å². The number of nitrogens with one attached hydrogen (secondary N) is 1. The van der Waals surface area contributed by atoms with Gasteiger partial charge < -0.3 is 10.1 Å². The summed E-state index contributed by atoms with van der Waals surface area (Å²) in [7, 11) is 1.48. The summed E-state index contributed by atoms with van der Waals surface area (Å²) in [5, 5.41) is 6.47. The first-order valence-corrected chi connectivity index (χ1v) is 5.72. The number of carbonyl (C=O) groups excluding carboxylic acids is 1. The Kier molecular flexibility index (Phi) is 3.92. The van der Waals surface area contributed by atoms with Crippen LogP contribution in [0.2, 0.25) is 0 Å². The van der Waals surface area contributed by atoms with Gasteiger partial charge in [-0.15, -0.1) is 5.10 Å². The highest BCUT2D eigenvalue weighted by Crippen LogP contribution is 2.17. The molecule has 6 nitrogen and oxygen atoms in total. The third-order valence-corrected chi connectivity index (χ3v) is 2.51. The van der Waals surface area contributed by atoms with E-state index in [2.05, 4.69) is 20.1 Å². The molecule has 0 spiro atoms. The molecule has 8 heteroatoms. The van der Waals surface area contributed by atoms with Gasteiger partial charge in [-0.2, -0.15) is 8.78 Å². The van der Waals surface area contributed by atoms with Gasteiger partial charge in [0.15, 0.2) is 0 Å². The summed E-state index contributed by atoms with van der Waals surface area (Å²) < 4.78 is 29.8. The summed E-state index contributed by atoms with van der Waals surface area (Å²) in [6.45, 7) is -1.18. The van der Waals surface area contributed by atoms with Gasteiger partial charge in [0.1, 0.15) is 11.6 Å². The highest BCUT2D eigenvalue weighted by atomic mass is 19.3. The molecule has 0 saturated heterocycles. The van der Waals surface area contributed by atoms with Crippen molar-refractivity contribution >= 4 is 5.91 Å². The second-order valence-corrected chi connectivity index (χ2v) is 3.85. The Hall–Kier alpha value is -2.51. The molecular weight excluding hydrogens is 270 g/mol. The highest BCUT2D eigenvalue weighted by Gasteiger charge is 2.13. The van der Waals surface area contributed by atoms with Gasteiger partial charge in [0, 0.05) is 7.05 Å². The molecule has 0 aliphatic carbocycles. The molecule has 0 saturated carbocycles. The molecule has 0 aliphatic rings. The van der Waals surface area contributed by atoms with Crippen LogP contribution in [0.15, 0.2) is 24.3 Å². The van der Waals surface area contributed by atoms with Crippen LogP contribution in [0.1, 0.15) is 16.4 Å². The van der Waals surface area contributed by atoms with Gasteiger partial charge in [0.2, 0.25) is 5.82 Å². The lowest BCUT2D eigenvalue weighted by Crippen LogP contribution is -2.19. The van der Waals surface area contributed by atoms with E-state index >= 15 is 0 Å². The Labute approximate surface area is 113 Å². The minimum Gasteiger partial charge on any atom is -0.435 e. The number of aromatic nitrogens is 3. The summed E-state index contributed by atoms with van der Waals surface area (Å²) >= 11 is 0. The average Bonchev–Trinajstić information content (AvgIpc) is 2.80. The lowest BCUT2D eigenvalue weighted by Gasteiger charge is -2.06. The van der Waals surface area contributed by atoms with Gasteiger partial charge in [0.25, 0.3) is 5.91 Å². The number of rotatable bonds is 4. The predicted molar refractivity (Wildman–Crippen MR) is 66.1 cm³/mol. The van der Waals surface area contributed by atoms with E-state index in [1.807, 2.05) is 0 Å². The first-order valence-electron chi connectivity index (χ1n) is 5.72. The van der Waals surface area contributed by atoms with E-state index in [4.69, 9.17) is 0 Å². The fourth-order valence-electron chi connectivity index (χ4n) is 1.61. The van der Waals surface area contributed by atoms with E-state index in [1.165, 1.54) is 23.9 Å². The number of carbonyl (C=O) groups is 1. The molecule has 2 rings (SSSR count). The zero-order valence-corrected chi connectivity index (χ0v) is 10.8. The molecule has 20 heavy (non-hydrogen) atoms. The second-order valence-electron chi connectivity index (χ2n) is 3.85. The van der Waals surface area contributed by atoms with E-state index in [1.54, 1.807) is 19.1 Å². The van der Waals surface area contributed by atoms with Crippen molar-refractivity contribution in [1.29, 1.82) is 0 Å². The van der Waals surface area contributed by atoms with Crippen LogP contribution < -0.4 is 10.1 Å². The highest BCUT2D eigenvalue weighted by molar-refractivity contribution is 5.90. The summed E-state index contributed by atoms with van der Waals surface area (Å²) in [6.07, 6.45) is 0. The molecule has 0 aliphatic heterocycles. The van der Waals surface area contributed by atoms with Gasteiger partial charge >= 0.3 is 6.61 Å². The van der Waals surface area contributed by atoms with Crippen LogP contribution in [0, 0.1) is 6.92 Å². The number of amides is 1. The van der Waals surface area contributed by atoms with Crippen molar-refractivity contribution in [1.82, 2.24) is 20.1 Å². The zero-order valence-electron chi connectivity index (χ0n) is 10.8. The van der Waals surface area contributed by atoms with Gasteiger partial charge in [-0.05, 0) is 31.2 Å². The fraction of sp³-hybridized carbons (Fsp3) is 0.250. The number of hydrogen-bond acceptors (Lipinski definition) is 4. The van der Waals surface area contributed by atoms with Gasteiger partial charge in [-0.3, -0.25) is 4.79 Å². The Morgan fingerprint density at radius 3 is 2.55 bits per heavy atom. The Bertz CT molecular complexity index is 610. The number of benzene rings is 1. The summed E-state index contributed by atoms with van der Waals surface area (Å²) in [5.74, 6) is 0.196. The van der Waals surface area contributed by atoms with Crippen LogP contribution in [0.25, 0.3) is 5.69 Å². The van der Waals surface area contributed by atoms with E-state index in [9.17, 15) is 13.6 Å². The van der Waals surface area contributed by atoms with E-state index < -0.39 is 12.5 Å². The standard InChI is InChI=1S/C12H12F2N4O2/c1-7-16-10(11(19)15-2)17-18(7)8-3-5-9(6-4-8)20-12(13)14/h3-6,12H,1-2H3,(H,15,19). The molecule has 1 N–H and O–H groups in total. The van der Waals surface area contributed by atoms with Crippen LogP contribution in [0.5, 0.6) is 5.75 Å². The van der Waals surface area contributed by atoms with Gasteiger partial charge in [-0.1, -0.05) is 0 Å². The summed E-state index contributed by atoms with van der Waals surface area (Å²) in [6, 6.07) is 5.88. The second kappa shape index (κ2) is 5.64. The Morgan fingerprint density at radius 2 is 2.00 bits per heavy atom. The molecule has 2 aromatic rings. The lowest BCUT2D eigenvalue weighted by molar-refractivity contribution is -0.0498. The van der Waals surface area contributed by atoms with Gasteiger partial charge in [0.05, 0.1) is 5.69 Å². The molecule has 0 unspecified atom stereocenters. The Morgan fingerprint density at radius 1 is 1.35 bits per heavy atom. The minimum absolute atomic E-state index is 0.0397. The van der Waals surface area contributed by atoms with Crippen LogP contribution in [0.3, 0.4) is 0 Å². The minimum atomic E-state index is -2.87. The molecule has 0 atom stereocenters. The maximum atomic E-state index is 12.0. The first kappa shape index (κ1) is 13.9. The molecular formula is C12H12F2N4O2. The van der Waals surface area contributed by atoms with Crippen molar-refractivity contribution in [3.63, 3.8) is 0 Å². The van der Waals surface area contributed by atoms with E-state index in [-0.39, 0.29) is 11.6 Å². The number of hydrogen-bond donors (Lipinski definition) is 1. The lowest BCUT2D eigenvalue weighted by atomic mass is 10.3. The quantitative estimate of drug-likeness (QED) is 0.923. The van der Waals surface area contributed by atoms with E-state index in [0.717, 1.165) is 0 Å². The van der Waals surface area contributed by atoms with Crippen molar-refractivity contribution in [3.05, 3.63) is 35.9 Å². The van der Waals surface area contributed by atoms with Crippen molar-refractivity contribution < 1.29 is 18.3 Å². The van der Waals surface area contributed by atoms with Crippen molar-refractivity contribution in [2.45, 2.75) is 13.5 Å². The van der Waals surface area contributed by atoms with E-state index in [0.29, 0.717) is 11.5 Å². The number of aryl methyl sites for hydroxylation is 1. The van der Waals surface area contributed by atoms with Crippen molar-refractivity contribution in [3.8, 4) is 11.4 Å². The van der Waals surface area contributed by atoms with Crippen LogP contribution in [-0.4, -0.2) is 34.3 Å². The predicted octanol–water partition coefficient (Wildman–Crippen LogP) is 1.54. The van der Waals surface area contributed by atoms with Crippen LogP contribution in [0.4, 0.5) is 8.78 Å². The molecule has 1 amide bonds. The number of alkyl halides is 2. The maximum absolute atomic E-state index is 12.0.